The standard InChI is InChI=1S/C17H21NO/c1-14(13-18)17(19,16-10-6-3-7-11-16)12-15-8-4-2-5-9-15/h2-11,14,19H,12-13,18H2,1H3/t14-,17+/m1/s1. The Kier molecular flexibility index (Phi) is 4.35. The summed E-state index contributed by atoms with van der Waals surface area (Å²) in [5.74, 6) is -0.00453. The van der Waals surface area contributed by atoms with E-state index >= 15 is 0 Å². The van der Waals surface area contributed by atoms with Crippen molar-refractivity contribution in [2.24, 2.45) is 11.7 Å². The molecule has 0 fully saturated rings. The van der Waals surface area contributed by atoms with Crippen molar-refractivity contribution in [1.82, 2.24) is 0 Å². The highest BCUT2D eigenvalue weighted by atomic mass is 16.3. The quantitative estimate of drug-likeness (QED) is 0.863. The van der Waals surface area contributed by atoms with Crippen molar-refractivity contribution in [1.29, 1.82) is 0 Å². The Balaban J connectivity index is 2.36. The highest BCUT2D eigenvalue weighted by Crippen LogP contribution is 2.32. The molecule has 2 atom stereocenters. The monoisotopic (exact) mass is 255 g/mol. The van der Waals surface area contributed by atoms with Gasteiger partial charge in [0.1, 0.15) is 0 Å². The Morgan fingerprint density at radius 2 is 1.53 bits per heavy atom. The fraction of sp³-hybridized carbons (Fsp3) is 0.294. The van der Waals surface area contributed by atoms with Crippen LogP contribution in [0.25, 0.3) is 0 Å². The van der Waals surface area contributed by atoms with E-state index in [1.54, 1.807) is 0 Å². The molecule has 19 heavy (non-hydrogen) atoms. The summed E-state index contributed by atoms with van der Waals surface area (Å²) in [4.78, 5) is 0. The van der Waals surface area contributed by atoms with E-state index in [0.29, 0.717) is 13.0 Å². The van der Waals surface area contributed by atoms with Crippen LogP contribution in [0.4, 0.5) is 0 Å². The molecule has 2 rings (SSSR count). The summed E-state index contributed by atoms with van der Waals surface area (Å²) in [6, 6.07) is 19.8. The number of rotatable bonds is 5. The van der Waals surface area contributed by atoms with E-state index in [1.165, 1.54) is 0 Å². The molecule has 0 radical (unpaired) electrons. The van der Waals surface area contributed by atoms with Crippen LogP contribution < -0.4 is 5.73 Å². The first-order chi connectivity index (χ1) is 9.16. The van der Waals surface area contributed by atoms with E-state index in [1.807, 2.05) is 67.6 Å². The zero-order valence-corrected chi connectivity index (χ0v) is 11.3. The Morgan fingerprint density at radius 1 is 1.00 bits per heavy atom. The smallest absolute Gasteiger partial charge is 0.0974 e. The fourth-order valence-electron chi connectivity index (χ4n) is 2.39. The fourth-order valence-corrected chi connectivity index (χ4v) is 2.39. The molecule has 0 unspecified atom stereocenters. The molecule has 0 saturated carbocycles. The molecule has 0 heterocycles. The Labute approximate surface area is 114 Å². The van der Waals surface area contributed by atoms with Crippen molar-refractivity contribution < 1.29 is 5.11 Å². The number of hydrogen-bond acceptors (Lipinski definition) is 2. The maximum absolute atomic E-state index is 11.1. The van der Waals surface area contributed by atoms with Gasteiger partial charge < -0.3 is 10.8 Å². The van der Waals surface area contributed by atoms with Gasteiger partial charge in [0, 0.05) is 12.3 Å². The first-order valence-corrected chi connectivity index (χ1v) is 6.68. The molecular weight excluding hydrogens is 234 g/mol. The second kappa shape index (κ2) is 6.00. The number of nitrogens with two attached hydrogens (primary N) is 1. The Bertz CT molecular complexity index is 497. The normalized spacial score (nSPS) is 15.7. The first-order valence-electron chi connectivity index (χ1n) is 6.68. The minimum atomic E-state index is -0.919. The maximum Gasteiger partial charge on any atom is 0.0974 e. The molecule has 2 aromatic rings. The van der Waals surface area contributed by atoms with Crippen LogP contribution in [0, 0.1) is 5.92 Å². The van der Waals surface area contributed by atoms with E-state index in [4.69, 9.17) is 5.73 Å². The van der Waals surface area contributed by atoms with Crippen molar-refractivity contribution in [2.75, 3.05) is 6.54 Å². The van der Waals surface area contributed by atoms with E-state index < -0.39 is 5.60 Å². The van der Waals surface area contributed by atoms with Crippen LogP contribution >= 0.6 is 0 Å². The third-order valence-electron chi connectivity index (χ3n) is 3.76. The molecule has 0 aromatic heterocycles. The third-order valence-corrected chi connectivity index (χ3v) is 3.76. The maximum atomic E-state index is 11.1. The largest absolute Gasteiger partial charge is 0.384 e. The van der Waals surface area contributed by atoms with Crippen molar-refractivity contribution in [3.05, 3.63) is 71.8 Å². The summed E-state index contributed by atoms with van der Waals surface area (Å²) in [6.45, 7) is 2.45. The number of benzene rings is 2. The van der Waals surface area contributed by atoms with Crippen LogP contribution in [0.1, 0.15) is 18.1 Å². The molecule has 0 bridgehead atoms. The Morgan fingerprint density at radius 3 is 2.05 bits per heavy atom. The number of hydrogen-bond donors (Lipinski definition) is 2. The lowest BCUT2D eigenvalue weighted by molar-refractivity contribution is -0.0136. The molecule has 2 heteroatoms. The lowest BCUT2D eigenvalue weighted by Crippen LogP contribution is -2.39. The predicted octanol–water partition coefficient (Wildman–Crippen LogP) is 2.71. The van der Waals surface area contributed by atoms with Crippen molar-refractivity contribution >= 4 is 0 Å². The van der Waals surface area contributed by atoms with E-state index in [2.05, 4.69) is 0 Å². The van der Waals surface area contributed by atoms with Gasteiger partial charge in [0.25, 0.3) is 0 Å². The van der Waals surface area contributed by atoms with Crippen LogP contribution in [-0.4, -0.2) is 11.7 Å². The molecule has 2 nitrogen and oxygen atoms in total. The highest BCUT2D eigenvalue weighted by molar-refractivity contribution is 5.27. The van der Waals surface area contributed by atoms with Crippen molar-refractivity contribution in [3.8, 4) is 0 Å². The molecule has 100 valence electrons. The van der Waals surface area contributed by atoms with Crippen molar-refractivity contribution in [2.45, 2.75) is 18.9 Å². The molecule has 0 saturated heterocycles. The second-order valence-electron chi connectivity index (χ2n) is 5.09. The van der Waals surface area contributed by atoms with Gasteiger partial charge in [0.15, 0.2) is 0 Å². The molecule has 0 aliphatic carbocycles. The first kappa shape index (κ1) is 13.8. The molecule has 0 spiro atoms. The predicted molar refractivity (Wildman–Crippen MR) is 78.7 cm³/mol. The minimum absolute atomic E-state index is 0.00453. The SMILES string of the molecule is C[C@H](CN)[C@@](O)(Cc1ccccc1)c1ccccc1. The Hall–Kier alpha value is -1.64. The van der Waals surface area contributed by atoms with Crippen LogP contribution in [0.15, 0.2) is 60.7 Å². The van der Waals surface area contributed by atoms with Gasteiger partial charge in [-0.2, -0.15) is 0 Å². The second-order valence-corrected chi connectivity index (χ2v) is 5.09. The van der Waals surface area contributed by atoms with Gasteiger partial charge in [-0.15, -0.1) is 0 Å². The summed E-state index contributed by atoms with van der Waals surface area (Å²) in [5, 5.41) is 11.1. The zero-order valence-electron chi connectivity index (χ0n) is 11.3. The molecular formula is C17H21NO. The van der Waals surface area contributed by atoms with E-state index in [9.17, 15) is 5.11 Å². The van der Waals surface area contributed by atoms with Gasteiger partial charge in [0.2, 0.25) is 0 Å². The van der Waals surface area contributed by atoms with Gasteiger partial charge in [-0.05, 0) is 17.7 Å². The summed E-state index contributed by atoms with van der Waals surface area (Å²) in [7, 11) is 0. The van der Waals surface area contributed by atoms with Gasteiger partial charge in [-0.25, -0.2) is 0 Å². The molecule has 0 aliphatic rings. The topological polar surface area (TPSA) is 46.2 Å². The van der Waals surface area contributed by atoms with Crippen LogP contribution in [0.3, 0.4) is 0 Å². The average Bonchev–Trinajstić information content (AvgIpc) is 2.48. The lowest BCUT2D eigenvalue weighted by atomic mass is 9.78. The van der Waals surface area contributed by atoms with Gasteiger partial charge in [0.05, 0.1) is 5.60 Å². The van der Waals surface area contributed by atoms with Crippen LogP contribution in [-0.2, 0) is 12.0 Å². The van der Waals surface area contributed by atoms with E-state index in [-0.39, 0.29) is 5.92 Å². The molecule has 3 N–H and O–H groups in total. The summed E-state index contributed by atoms with van der Waals surface area (Å²) in [6.07, 6.45) is 0.580. The highest BCUT2D eigenvalue weighted by Gasteiger charge is 2.34. The average molecular weight is 255 g/mol. The molecule has 2 aromatic carbocycles. The minimum Gasteiger partial charge on any atom is -0.384 e. The lowest BCUT2D eigenvalue weighted by Gasteiger charge is -2.34. The van der Waals surface area contributed by atoms with Crippen molar-refractivity contribution in [3.63, 3.8) is 0 Å². The van der Waals surface area contributed by atoms with Gasteiger partial charge in [-0.1, -0.05) is 67.6 Å². The molecule has 0 amide bonds. The third kappa shape index (κ3) is 3.03. The zero-order chi connectivity index (χ0) is 13.7. The van der Waals surface area contributed by atoms with E-state index in [0.717, 1.165) is 11.1 Å². The molecule has 0 aliphatic heterocycles. The van der Waals surface area contributed by atoms with Gasteiger partial charge >= 0.3 is 0 Å². The summed E-state index contributed by atoms with van der Waals surface area (Å²) in [5.41, 5.74) is 6.92. The number of aliphatic hydroxyl groups is 1. The summed E-state index contributed by atoms with van der Waals surface area (Å²) >= 11 is 0. The summed E-state index contributed by atoms with van der Waals surface area (Å²) < 4.78 is 0. The van der Waals surface area contributed by atoms with Crippen LogP contribution in [0.5, 0.6) is 0 Å². The van der Waals surface area contributed by atoms with Crippen LogP contribution in [0.2, 0.25) is 0 Å². The van der Waals surface area contributed by atoms with Gasteiger partial charge in [-0.3, -0.25) is 0 Å².